The Morgan fingerprint density at radius 3 is 2.16 bits per heavy atom. The van der Waals surface area contributed by atoms with Crippen molar-refractivity contribution in [3.63, 3.8) is 0 Å². The van der Waals surface area contributed by atoms with Gasteiger partial charge in [0.2, 0.25) is 0 Å². The number of anilines is 2. The van der Waals surface area contributed by atoms with Crippen LogP contribution in [0, 0.1) is 0 Å². The number of aromatic nitrogens is 3. The summed E-state index contributed by atoms with van der Waals surface area (Å²) in [6.45, 7) is 3.84. The third kappa shape index (κ3) is 4.32. The van der Waals surface area contributed by atoms with Gasteiger partial charge in [-0.2, -0.15) is 0 Å². The van der Waals surface area contributed by atoms with Crippen molar-refractivity contribution in [3.05, 3.63) is 42.5 Å². The molecule has 0 amide bonds. The Balaban J connectivity index is 0.00000113. The van der Waals surface area contributed by atoms with Crippen molar-refractivity contribution in [1.29, 1.82) is 0 Å². The Labute approximate surface area is 160 Å². The molecule has 2 aromatic rings. The van der Waals surface area contributed by atoms with Crippen LogP contribution in [0.5, 0.6) is 0 Å². The summed E-state index contributed by atoms with van der Waals surface area (Å²) in [6, 6.07) is 8.55. The van der Waals surface area contributed by atoms with E-state index in [0.717, 1.165) is 56.4 Å². The van der Waals surface area contributed by atoms with Gasteiger partial charge in [-0.15, -0.1) is 24.8 Å². The minimum Gasteiger partial charge on any atom is -0.353 e. The van der Waals surface area contributed by atoms with E-state index in [1.165, 1.54) is 0 Å². The maximum absolute atomic E-state index is 5.89. The lowest BCUT2D eigenvalue weighted by molar-refractivity contribution is 0.345. The average molecular weight is 383 g/mol. The fourth-order valence-corrected chi connectivity index (χ4v) is 3.37. The molecule has 6 nitrogen and oxygen atoms in total. The Hall–Kier alpha value is -1.63. The lowest BCUT2D eigenvalue weighted by Crippen LogP contribution is -2.47. The summed E-state index contributed by atoms with van der Waals surface area (Å²) in [6.07, 6.45) is 5.63. The minimum atomic E-state index is 0. The zero-order valence-electron chi connectivity index (χ0n) is 14.0. The maximum Gasteiger partial charge on any atom is 0.132 e. The molecule has 0 bridgehead atoms. The molecular weight excluding hydrogens is 359 g/mol. The van der Waals surface area contributed by atoms with E-state index >= 15 is 0 Å². The predicted octanol–water partition coefficient (Wildman–Crippen LogP) is 2.25. The molecule has 136 valence electrons. The minimum absolute atomic E-state index is 0. The van der Waals surface area contributed by atoms with Gasteiger partial charge in [-0.05, 0) is 25.0 Å². The molecule has 25 heavy (non-hydrogen) atoms. The summed E-state index contributed by atoms with van der Waals surface area (Å²) in [5.74, 6) is 2.61. The SMILES string of the molecule is Cl.Cl.NC1CC(c2cc(N3CCN(c4ccccn4)CC3)ncn2)C1. The van der Waals surface area contributed by atoms with Crippen molar-refractivity contribution in [1.82, 2.24) is 15.0 Å². The normalized spacial score (nSPS) is 22.4. The van der Waals surface area contributed by atoms with Gasteiger partial charge in [-0.25, -0.2) is 15.0 Å². The molecule has 1 aliphatic carbocycles. The molecule has 2 aromatic heterocycles. The van der Waals surface area contributed by atoms with Gasteiger partial charge in [-0.1, -0.05) is 6.07 Å². The summed E-state index contributed by atoms with van der Waals surface area (Å²) in [4.78, 5) is 18.0. The van der Waals surface area contributed by atoms with Crippen LogP contribution < -0.4 is 15.5 Å². The number of hydrogen-bond acceptors (Lipinski definition) is 6. The van der Waals surface area contributed by atoms with E-state index in [1.54, 1.807) is 6.33 Å². The fraction of sp³-hybridized carbons (Fsp3) is 0.471. The Morgan fingerprint density at radius 1 is 0.880 bits per heavy atom. The van der Waals surface area contributed by atoms with Crippen LogP contribution in [0.25, 0.3) is 0 Å². The molecule has 0 atom stereocenters. The van der Waals surface area contributed by atoms with E-state index in [-0.39, 0.29) is 24.8 Å². The van der Waals surface area contributed by atoms with Crippen molar-refractivity contribution >= 4 is 36.4 Å². The molecule has 0 radical (unpaired) electrons. The predicted molar refractivity (Wildman–Crippen MR) is 105 cm³/mol. The third-order valence-electron chi connectivity index (χ3n) is 4.84. The summed E-state index contributed by atoms with van der Waals surface area (Å²) in [7, 11) is 0. The van der Waals surface area contributed by atoms with Crippen LogP contribution in [0.2, 0.25) is 0 Å². The van der Waals surface area contributed by atoms with E-state index in [2.05, 4.69) is 36.9 Å². The smallest absolute Gasteiger partial charge is 0.132 e. The van der Waals surface area contributed by atoms with Gasteiger partial charge in [0.15, 0.2) is 0 Å². The number of pyridine rings is 1. The zero-order chi connectivity index (χ0) is 15.6. The van der Waals surface area contributed by atoms with Gasteiger partial charge in [0.05, 0.1) is 0 Å². The lowest BCUT2D eigenvalue weighted by Gasteiger charge is -2.36. The zero-order valence-corrected chi connectivity index (χ0v) is 15.6. The van der Waals surface area contributed by atoms with E-state index in [0.29, 0.717) is 12.0 Å². The second kappa shape index (κ2) is 8.65. The van der Waals surface area contributed by atoms with Crippen molar-refractivity contribution in [2.24, 2.45) is 5.73 Å². The van der Waals surface area contributed by atoms with Crippen LogP contribution in [-0.4, -0.2) is 47.2 Å². The molecule has 0 unspecified atom stereocenters. The Kier molecular flexibility index (Phi) is 6.81. The molecule has 1 saturated heterocycles. The highest BCUT2D eigenvalue weighted by Crippen LogP contribution is 2.35. The monoisotopic (exact) mass is 382 g/mol. The van der Waals surface area contributed by atoms with E-state index in [4.69, 9.17) is 5.73 Å². The number of halogens is 2. The van der Waals surface area contributed by atoms with Crippen LogP contribution in [-0.2, 0) is 0 Å². The van der Waals surface area contributed by atoms with Gasteiger partial charge in [0.25, 0.3) is 0 Å². The Bertz CT molecular complexity index is 657. The summed E-state index contributed by atoms with van der Waals surface area (Å²) < 4.78 is 0. The van der Waals surface area contributed by atoms with Crippen LogP contribution in [0.1, 0.15) is 24.5 Å². The Morgan fingerprint density at radius 2 is 1.56 bits per heavy atom. The molecule has 1 aliphatic heterocycles. The quantitative estimate of drug-likeness (QED) is 0.877. The molecular formula is C17H24Cl2N6. The number of nitrogens with zero attached hydrogens (tertiary/aromatic N) is 5. The first-order chi connectivity index (χ1) is 11.3. The van der Waals surface area contributed by atoms with E-state index in [9.17, 15) is 0 Å². The van der Waals surface area contributed by atoms with Crippen molar-refractivity contribution in [2.45, 2.75) is 24.8 Å². The molecule has 3 heterocycles. The van der Waals surface area contributed by atoms with Crippen molar-refractivity contribution in [2.75, 3.05) is 36.0 Å². The second-order valence-corrected chi connectivity index (χ2v) is 6.39. The topological polar surface area (TPSA) is 71.2 Å². The molecule has 2 aliphatic rings. The molecule has 0 aromatic carbocycles. The largest absolute Gasteiger partial charge is 0.353 e. The lowest BCUT2D eigenvalue weighted by atomic mass is 9.78. The number of hydrogen-bond donors (Lipinski definition) is 1. The molecule has 4 rings (SSSR count). The second-order valence-electron chi connectivity index (χ2n) is 6.39. The standard InChI is InChI=1S/C17H22N6.2ClH/c18-14-9-13(10-14)15-11-17(21-12-20-15)23-7-5-22(6-8-23)16-3-1-2-4-19-16;;/h1-4,11-14H,5-10,18H2;2*1H. The molecule has 8 heteroatoms. The van der Waals surface area contributed by atoms with Crippen molar-refractivity contribution in [3.8, 4) is 0 Å². The first-order valence-electron chi connectivity index (χ1n) is 8.28. The van der Waals surface area contributed by atoms with Gasteiger partial charge >= 0.3 is 0 Å². The van der Waals surface area contributed by atoms with Crippen LogP contribution in [0.3, 0.4) is 0 Å². The number of rotatable bonds is 3. The highest BCUT2D eigenvalue weighted by atomic mass is 35.5. The molecule has 2 N–H and O–H groups in total. The number of piperazine rings is 1. The molecule has 0 spiro atoms. The van der Waals surface area contributed by atoms with Gasteiger partial charge in [-0.3, -0.25) is 0 Å². The fourth-order valence-electron chi connectivity index (χ4n) is 3.37. The highest BCUT2D eigenvalue weighted by Gasteiger charge is 2.29. The molecule has 2 fully saturated rings. The maximum atomic E-state index is 5.89. The third-order valence-corrected chi connectivity index (χ3v) is 4.84. The summed E-state index contributed by atoms with van der Waals surface area (Å²) in [5, 5.41) is 0. The average Bonchev–Trinajstić information content (AvgIpc) is 2.60. The summed E-state index contributed by atoms with van der Waals surface area (Å²) in [5.41, 5.74) is 7.03. The van der Waals surface area contributed by atoms with Crippen LogP contribution >= 0.6 is 24.8 Å². The van der Waals surface area contributed by atoms with Crippen LogP contribution in [0.4, 0.5) is 11.6 Å². The summed E-state index contributed by atoms with van der Waals surface area (Å²) >= 11 is 0. The first kappa shape index (κ1) is 19.7. The molecule has 1 saturated carbocycles. The van der Waals surface area contributed by atoms with Gasteiger partial charge < -0.3 is 15.5 Å². The van der Waals surface area contributed by atoms with Crippen LogP contribution in [0.15, 0.2) is 36.8 Å². The van der Waals surface area contributed by atoms with E-state index in [1.807, 2.05) is 18.3 Å². The van der Waals surface area contributed by atoms with Gasteiger partial charge in [0.1, 0.15) is 18.0 Å². The first-order valence-corrected chi connectivity index (χ1v) is 8.28. The van der Waals surface area contributed by atoms with E-state index < -0.39 is 0 Å². The van der Waals surface area contributed by atoms with Gasteiger partial charge in [0, 0.05) is 56.1 Å². The number of nitrogens with two attached hydrogens (primary N) is 1. The highest BCUT2D eigenvalue weighted by molar-refractivity contribution is 5.85. The van der Waals surface area contributed by atoms with Crippen molar-refractivity contribution < 1.29 is 0 Å².